The molecule has 11 heteroatoms. The summed E-state index contributed by atoms with van der Waals surface area (Å²) in [6, 6.07) is 6.88. The fraction of sp³-hybridized carbons (Fsp3) is 0.500. The molecular formula is C24H26F3N5O3. The number of nitriles is 1. The lowest BCUT2D eigenvalue weighted by Crippen LogP contribution is -2.48. The van der Waals surface area contributed by atoms with Gasteiger partial charge in [0.05, 0.1) is 23.1 Å². The highest BCUT2D eigenvalue weighted by molar-refractivity contribution is 5.93. The summed E-state index contributed by atoms with van der Waals surface area (Å²) in [5, 5.41) is 12.9. The number of anilines is 1. The number of aryl methyl sites for hydroxylation is 1. The second-order valence-electron chi connectivity index (χ2n) is 9.48. The zero-order chi connectivity index (χ0) is 25.5. The lowest BCUT2D eigenvalue weighted by molar-refractivity contribution is -0.138. The molecule has 0 aliphatic carbocycles. The Bertz CT molecular complexity index is 1180. The van der Waals surface area contributed by atoms with Crippen LogP contribution in [0.15, 0.2) is 28.8 Å². The number of rotatable bonds is 3. The van der Waals surface area contributed by atoms with E-state index in [2.05, 4.69) is 5.16 Å². The number of halogens is 3. The minimum absolute atomic E-state index is 0.0807. The van der Waals surface area contributed by atoms with Crippen molar-refractivity contribution in [1.82, 2.24) is 15.0 Å². The predicted octanol–water partition coefficient (Wildman–Crippen LogP) is 3.32. The van der Waals surface area contributed by atoms with Crippen LogP contribution in [0, 0.1) is 29.6 Å². The summed E-state index contributed by atoms with van der Waals surface area (Å²) in [7, 11) is 3.35. The van der Waals surface area contributed by atoms with Crippen molar-refractivity contribution in [2.24, 2.45) is 11.3 Å². The van der Waals surface area contributed by atoms with E-state index in [9.17, 15) is 22.8 Å². The van der Waals surface area contributed by atoms with E-state index in [1.54, 1.807) is 38.1 Å². The van der Waals surface area contributed by atoms with Gasteiger partial charge in [0.15, 0.2) is 5.69 Å². The van der Waals surface area contributed by atoms with Crippen molar-refractivity contribution in [3.8, 4) is 6.07 Å². The molecule has 2 aromatic rings. The first-order valence-electron chi connectivity index (χ1n) is 11.3. The van der Waals surface area contributed by atoms with Gasteiger partial charge in [-0.05, 0) is 38.0 Å². The Labute approximate surface area is 200 Å². The van der Waals surface area contributed by atoms with Crippen LogP contribution in [-0.4, -0.2) is 67.0 Å². The van der Waals surface area contributed by atoms with Crippen LogP contribution in [0.1, 0.15) is 40.2 Å². The Hall–Kier alpha value is -3.55. The normalized spacial score (nSPS) is 19.6. The number of nitrogens with zero attached hydrogens (tertiary/aromatic N) is 5. The van der Waals surface area contributed by atoms with Gasteiger partial charge in [0, 0.05) is 57.4 Å². The highest BCUT2D eigenvalue weighted by Crippen LogP contribution is 2.47. The molecule has 186 valence electrons. The third kappa shape index (κ3) is 4.57. The highest BCUT2D eigenvalue weighted by Gasteiger charge is 2.53. The van der Waals surface area contributed by atoms with E-state index in [1.165, 1.54) is 17.0 Å². The number of piperidine rings is 1. The maximum Gasteiger partial charge on any atom is 0.417 e. The summed E-state index contributed by atoms with van der Waals surface area (Å²) in [5.41, 5.74) is -1.31. The molecule has 8 nitrogen and oxygen atoms in total. The molecule has 0 saturated carbocycles. The van der Waals surface area contributed by atoms with Gasteiger partial charge < -0.3 is 19.2 Å². The van der Waals surface area contributed by atoms with Crippen molar-refractivity contribution in [3.63, 3.8) is 0 Å². The third-order valence-electron chi connectivity index (χ3n) is 7.07. The quantitative estimate of drug-likeness (QED) is 0.657. The molecule has 1 spiro atoms. The van der Waals surface area contributed by atoms with Gasteiger partial charge in [-0.1, -0.05) is 5.16 Å². The first-order valence-corrected chi connectivity index (χ1v) is 11.3. The monoisotopic (exact) mass is 489 g/mol. The minimum atomic E-state index is -4.63. The Morgan fingerprint density at radius 2 is 1.91 bits per heavy atom. The molecular weight excluding hydrogens is 463 g/mol. The number of hydrogen-bond acceptors (Lipinski definition) is 6. The number of carbonyl (C=O) groups is 2. The van der Waals surface area contributed by atoms with Gasteiger partial charge >= 0.3 is 6.18 Å². The predicted molar refractivity (Wildman–Crippen MR) is 119 cm³/mol. The molecule has 3 heterocycles. The van der Waals surface area contributed by atoms with E-state index in [1.807, 2.05) is 4.90 Å². The van der Waals surface area contributed by atoms with Crippen LogP contribution >= 0.6 is 0 Å². The molecule has 2 saturated heterocycles. The van der Waals surface area contributed by atoms with E-state index in [0.29, 0.717) is 43.9 Å². The molecule has 2 fully saturated rings. The Balaban J connectivity index is 1.57. The van der Waals surface area contributed by atoms with E-state index < -0.39 is 28.6 Å². The largest absolute Gasteiger partial charge is 0.417 e. The summed E-state index contributed by atoms with van der Waals surface area (Å²) in [5.74, 6) is -0.303. The molecule has 1 unspecified atom stereocenters. The SMILES string of the molecule is Cc1cc(C(=O)N2CC(C(=O)N(C)C)C3(CCN(c4ccc(C#N)c(C(F)(F)F)c4)CC3)C2)no1. The Kier molecular flexibility index (Phi) is 6.25. The summed E-state index contributed by atoms with van der Waals surface area (Å²) in [6.07, 6.45) is -3.58. The average molecular weight is 489 g/mol. The molecule has 0 radical (unpaired) electrons. The fourth-order valence-corrected chi connectivity index (χ4v) is 5.18. The topological polar surface area (TPSA) is 93.7 Å². The molecule has 1 atom stereocenters. The van der Waals surface area contributed by atoms with Crippen LogP contribution in [0.25, 0.3) is 0 Å². The van der Waals surface area contributed by atoms with E-state index in [4.69, 9.17) is 9.78 Å². The molecule has 2 aliphatic heterocycles. The van der Waals surface area contributed by atoms with Gasteiger partial charge in [-0.25, -0.2) is 0 Å². The summed E-state index contributed by atoms with van der Waals surface area (Å²) in [6.45, 7) is 3.14. The molecule has 2 amide bonds. The van der Waals surface area contributed by atoms with Crippen LogP contribution in [0.3, 0.4) is 0 Å². The van der Waals surface area contributed by atoms with Gasteiger partial charge in [-0.15, -0.1) is 0 Å². The maximum atomic E-state index is 13.4. The number of amides is 2. The molecule has 0 N–H and O–H groups in total. The number of aromatic nitrogens is 1. The van der Waals surface area contributed by atoms with Crippen molar-refractivity contribution in [2.75, 3.05) is 45.2 Å². The molecule has 1 aromatic heterocycles. The molecule has 35 heavy (non-hydrogen) atoms. The minimum Gasteiger partial charge on any atom is -0.371 e. The lowest BCUT2D eigenvalue weighted by atomic mass is 9.70. The second-order valence-corrected chi connectivity index (χ2v) is 9.48. The molecule has 4 rings (SSSR count). The van der Waals surface area contributed by atoms with Gasteiger partial charge in [0.1, 0.15) is 5.76 Å². The number of carbonyl (C=O) groups excluding carboxylic acids is 2. The summed E-state index contributed by atoms with van der Waals surface area (Å²) < 4.78 is 45.3. The van der Waals surface area contributed by atoms with Crippen LogP contribution in [0.2, 0.25) is 0 Å². The highest BCUT2D eigenvalue weighted by atomic mass is 19.4. The summed E-state index contributed by atoms with van der Waals surface area (Å²) in [4.78, 5) is 31.1. The van der Waals surface area contributed by atoms with Gasteiger partial charge in [-0.2, -0.15) is 18.4 Å². The van der Waals surface area contributed by atoms with Crippen molar-refractivity contribution in [1.29, 1.82) is 5.26 Å². The molecule has 2 aliphatic rings. The third-order valence-corrected chi connectivity index (χ3v) is 7.07. The van der Waals surface area contributed by atoms with Crippen LogP contribution in [0.5, 0.6) is 0 Å². The second kappa shape index (κ2) is 8.91. The van der Waals surface area contributed by atoms with E-state index >= 15 is 0 Å². The van der Waals surface area contributed by atoms with Crippen molar-refractivity contribution >= 4 is 17.5 Å². The molecule has 1 aromatic carbocycles. The first-order chi connectivity index (χ1) is 16.4. The lowest BCUT2D eigenvalue weighted by Gasteiger charge is -2.43. The van der Waals surface area contributed by atoms with Crippen molar-refractivity contribution in [3.05, 3.63) is 46.8 Å². The van der Waals surface area contributed by atoms with E-state index in [-0.39, 0.29) is 24.1 Å². The zero-order valence-electron chi connectivity index (χ0n) is 19.7. The van der Waals surface area contributed by atoms with Crippen molar-refractivity contribution in [2.45, 2.75) is 25.9 Å². The number of hydrogen-bond donors (Lipinski definition) is 0. The fourth-order valence-electron chi connectivity index (χ4n) is 5.18. The zero-order valence-corrected chi connectivity index (χ0v) is 19.7. The van der Waals surface area contributed by atoms with Crippen LogP contribution in [-0.2, 0) is 11.0 Å². The number of likely N-dealkylation sites (tertiary alicyclic amines) is 1. The van der Waals surface area contributed by atoms with Crippen LogP contribution in [0.4, 0.5) is 18.9 Å². The number of alkyl halides is 3. The Morgan fingerprint density at radius 3 is 2.46 bits per heavy atom. The Morgan fingerprint density at radius 1 is 1.23 bits per heavy atom. The van der Waals surface area contributed by atoms with Gasteiger partial charge in [0.2, 0.25) is 5.91 Å². The summed E-state index contributed by atoms with van der Waals surface area (Å²) >= 11 is 0. The number of benzene rings is 1. The standard InChI is InChI=1S/C24H26F3N5O3/c1-15-10-20(29-35-15)22(34)32-13-19(21(33)30(2)3)23(14-32)6-8-31(9-7-23)17-5-4-16(12-28)18(11-17)24(25,26)27/h4-5,10-11,19H,6-9,13-14H2,1-3H3. The average Bonchev–Trinajstić information content (AvgIpc) is 3.41. The smallest absolute Gasteiger partial charge is 0.371 e. The van der Waals surface area contributed by atoms with Crippen molar-refractivity contribution < 1.29 is 27.3 Å². The van der Waals surface area contributed by atoms with Gasteiger partial charge in [0.25, 0.3) is 5.91 Å². The maximum absolute atomic E-state index is 13.4. The van der Waals surface area contributed by atoms with Gasteiger partial charge in [-0.3, -0.25) is 9.59 Å². The van der Waals surface area contributed by atoms with Crippen LogP contribution < -0.4 is 4.90 Å². The van der Waals surface area contributed by atoms with E-state index in [0.717, 1.165) is 6.07 Å². The first kappa shape index (κ1) is 24.6. The molecule has 0 bridgehead atoms.